The van der Waals surface area contributed by atoms with Gasteiger partial charge in [0.15, 0.2) is 0 Å². The van der Waals surface area contributed by atoms with E-state index < -0.39 is 0 Å². The zero-order valence-corrected chi connectivity index (χ0v) is 12.1. The third-order valence-corrected chi connectivity index (χ3v) is 3.46. The molecule has 0 unspecified atom stereocenters. The first kappa shape index (κ1) is 14.5. The maximum Gasteiger partial charge on any atom is 0.129 e. The van der Waals surface area contributed by atoms with Gasteiger partial charge in [0, 0.05) is 18.7 Å². The molecule has 0 fully saturated rings. The summed E-state index contributed by atoms with van der Waals surface area (Å²) >= 11 is 0. The molecular formula is C17H20FNO. The van der Waals surface area contributed by atoms with Gasteiger partial charge in [0.05, 0.1) is 0 Å². The molecule has 0 atom stereocenters. The number of aryl methyl sites for hydroxylation is 3. The lowest BCUT2D eigenvalue weighted by atomic mass is 10.1. The second kappa shape index (κ2) is 6.06. The first-order valence-electron chi connectivity index (χ1n) is 6.73. The molecular weight excluding hydrogens is 253 g/mol. The van der Waals surface area contributed by atoms with Crippen LogP contribution in [-0.2, 0) is 13.1 Å². The SMILES string of the molecule is Cc1cccc(CNCc2cc(C)c(F)c(C)c2)c1O. The summed E-state index contributed by atoms with van der Waals surface area (Å²) in [6, 6.07) is 9.41. The predicted octanol–water partition coefficient (Wildman–Crippen LogP) is 3.75. The van der Waals surface area contributed by atoms with E-state index >= 15 is 0 Å². The van der Waals surface area contributed by atoms with E-state index in [1.165, 1.54) is 0 Å². The van der Waals surface area contributed by atoms with Gasteiger partial charge < -0.3 is 10.4 Å². The first-order chi connectivity index (χ1) is 9.49. The highest BCUT2D eigenvalue weighted by Crippen LogP contribution is 2.21. The Kier molecular flexibility index (Phi) is 4.40. The highest BCUT2D eigenvalue weighted by atomic mass is 19.1. The first-order valence-corrected chi connectivity index (χ1v) is 6.73. The molecule has 0 radical (unpaired) electrons. The van der Waals surface area contributed by atoms with Crippen LogP contribution in [0.1, 0.15) is 27.8 Å². The number of phenols is 1. The van der Waals surface area contributed by atoms with Gasteiger partial charge in [-0.05, 0) is 43.0 Å². The largest absolute Gasteiger partial charge is 0.507 e. The van der Waals surface area contributed by atoms with Gasteiger partial charge in [-0.2, -0.15) is 0 Å². The molecule has 0 aliphatic heterocycles. The summed E-state index contributed by atoms with van der Waals surface area (Å²) in [5, 5.41) is 13.2. The number of hydrogen-bond acceptors (Lipinski definition) is 2. The second-order valence-corrected chi connectivity index (χ2v) is 5.23. The lowest BCUT2D eigenvalue weighted by Crippen LogP contribution is -2.13. The van der Waals surface area contributed by atoms with Crippen molar-refractivity contribution in [1.29, 1.82) is 0 Å². The van der Waals surface area contributed by atoms with Crippen molar-refractivity contribution in [2.75, 3.05) is 0 Å². The standard InChI is InChI=1S/C17H20FNO/c1-11-5-4-6-15(17(11)20)10-19-9-14-7-12(2)16(18)13(3)8-14/h4-8,19-20H,9-10H2,1-3H3. The number of phenolic OH excluding ortho intramolecular Hbond substituents is 1. The van der Waals surface area contributed by atoms with Crippen molar-refractivity contribution in [2.45, 2.75) is 33.9 Å². The molecule has 2 N–H and O–H groups in total. The van der Waals surface area contributed by atoms with Crippen molar-refractivity contribution >= 4 is 0 Å². The molecule has 2 aromatic carbocycles. The number of halogens is 1. The predicted molar refractivity (Wildman–Crippen MR) is 79.3 cm³/mol. The molecule has 3 heteroatoms. The number of rotatable bonds is 4. The molecule has 0 heterocycles. The van der Waals surface area contributed by atoms with Crippen molar-refractivity contribution in [3.8, 4) is 5.75 Å². The van der Waals surface area contributed by atoms with Crippen molar-refractivity contribution in [1.82, 2.24) is 5.32 Å². The molecule has 0 amide bonds. The summed E-state index contributed by atoms with van der Waals surface area (Å²) in [5.41, 5.74) is 4.13. The Labute approximate surface area is 119 Å². The third-order valence-electron chi connectivity index (χ3n) is 3.46. The van der Waals surface area contributed by atoms with Crippen LogP contribution in [-0.4, -0.2) is 5.11 Å². The molecule has 2 aromatic rings. The van der Waals surface area contributed by atoms with E-state index in [2.05, 4.69) is 5.32 Å². The minimum atomic E-state index is -0.134. The van der Waals surface area contributed by atoms with E-state index in [1.54, 1.807) is 13.8 Å². The van der Waals surface area contributed by atoms with Gasteiger partial charge in [-0.15, -0.1) is 0 Å². The molecule has 0 saturated carbocycles. The fourth-order valence-corrected chi connectivity index (χ4v) is 2.34. The second-order valence-electron chi connectivity index (χ2n) is 5.23. The van der Waals surface area contributed by atoms with Crippen molar-refractivity contribution in [2.24, 2.45) is 0 Å². The summed E-state index contributed by atoms with van der Waals surface area (Å²) in [6.45, 7) is 6.67. The average molecular weight is 273 g/mol. The molecule has 0 aromatic heterocycles. The van der Waals surface area contributed by atoms with Crippen LogP contribution in [0.2, 0.25) is 0 Å². The van der Waals surface area contributed by atoms with Crippen LogP contribution in [0, 0.1) is 26.6 Å². The molecule has 0 aliphatic rings. The zero-order chi connectivity index (χ0) is 14.7. The van der Waals surface area contributed by atoms with Crippen LogP contribution in [0.4, 0.5) is 4.39 Å². The molecule has 106 valence electrons. The van der Waals surface area contributed by atoms with E-state index in [0.717, 1.165) is 16.7 Å². The van der Waals surface area contributed by atoms with E-state index in [0.29, 0.717) is 30.0 Å². The van der Waals surface area contributed by atoms with Gasteiger partial charge in [-0.3, -0.25) is 0 Å². The Hall–Kier alpha value is -1.87. The van der Waals surface area contributed by atoms with Gasteiger partial charge >= 0.3 is 0 Å². The van der Waals surface area contributed by atoms with E-state index in [-0.39, 0.29) is 5.82 Å². The summed E-state index contributed by atoms with van der Waals surface area (Å²) in [7, 11) is 0. The van der Waals surface area contributed by atoms with Crippen LogP contribution in [0.3, 0.4) is 0 Å². The molecule has 0 aliphatic carbocycles. The maximum atomic E-state index is 13.5. The maximum absolute atomic E-state index is 13.5. The Morgan fingerprint density at radius 1 is 1.00 bits per heavy atom. The van der Waals surface area contributed by atoms with E-state index in [1.807, 2.05) is 37.3 Å². The summed E-state index contributed by atoms with van der Waals surface area (Å²) in [6.07, 6.45) is 0. The van der Waals surface area contributed by atoms with Gasteiger partial charge in [-0.1, -0.05) is 30.3 Å². The Morgan fingerprint density at radius 2 is 1.65 bits per heavy atom. The summed E-state index contributed by atoms with van der Waals surface area (Å²) < 4.78 is 13.5. The van der Waals surface area contributed by atoms with Crippen LogP contribution < -0.4 is 5.32 Å². The Balaban J connectivity index is 2.01. The fraction of sp³-hybridized carbons (Fsp3) is 0.294. The van der Waals surface area contributed by atoms with E-state index in [9.17, 15) is 9.50 Å². The van der Waals surface area contributed by atoms with Gasteiger partial charge in [-0.25, -0.2) is 4.39 Å². The third kappa shape index (κ3) is 3.17. The molecule has 20 heavy (non-hydrogen) atoms. The number of para-hydroxylation sites is 1. The minimum absolute atomic E-state index is 0.134. The quantitative estimate of drug-likeness (QED) is 0.889. The normalized spacial score (nSPS) is 10.8. The molecule has 0 spiro atoms. The number of nitrogens with one attached hydrogen (secondary N) is 1. The molecule has 0 saturated heterocycles. The Bertz CT molecular complexity index is 599. The monoisotopic (exact) mass is 273 g/mol. The Morgan fingerprint density at radius 3 is 2.30 bits per heavy atom. The zero-order valence-electron chi connectivity index (χ0n) is 12.1. The topological polar surface area (TPSA) is 32.3 Å². The van der Waals surface area contributed by atoms with Crippen LogP contribution in [0.5, 0.6) is 5.75 Å². The highest BCUT2D eigenvalue weighted by molar-refractivity contribution is 5.39. The highest BCUT2D eigenvalue weighted by Gasteiger charge is 2.06. The van der Waals surface area contributed by atoms with Crippen LogP contribution in [0.25, 0.3) is 0 Å². The summed E-state index contributed by atoms with van der Waals surface area (Å²) in [4.78, 5) is 0. The lowest BCUT2D eigenvalue weighted by Gasteiger charge is -2.10. The molecule has 2 nitrogen and oxygen atoms in total. The summed E-state index contributed by atoms with van der Waals surface area (Å²) in [5.74, 6) is 0.205. The minimum Gasteiger partial charge on any atom is -0.507 e. The van der Waals surface area contributed by atoms with Crippen molar-refractivity contribution in [3.63, 3.8) is 0 Å². The molecule has 2 rings (SSSR count). The van der Waals surface area contributed by atoms with Crippen LogP contribution >= 0.6 is 0 Å². The van der Waals surface area contributed by atoms with Gasteiger partial charge in [0.25, 0.3) is 0 Å². The number of hydrogen-bond donors (Lipinski definition) is 2. The number of aromatic hydroxyl groups is 1. The fourth-order valence-electron chi connectivity index (χ4n) is 2.34. The lowest BCUT2D eigenvalue weighted by molar-refractivity contribution is 0.460. The molecule has 0 bridgehead atoms. The average Bonchev–Trinajstić information content (AvgIpc) is 2.41. The smallest absolute Gasteiger partial charge is 0.129 e. The van der Waals surface area contributed by atoms with Crippen molar-refractivity contribution in [3.05, 3.63) is 64.0 Å². The van der Waals surface area contributed by atoms with E-state index in [4.69, 9.17) is 0 Å². The van der Waals surface area contributed by atoms with Crippen LogP contribution in [0.15, 0.2) is 30.3 Å². The van der Waals surface area contributed by atoms with Gasteiger partial charge in [0.1, 0.15) is 11.6 Å². The van der Waals surface area contributed by atoms with Gasteiger partial charge in [0.2, 0.25) is 0 Å². The number of benzene rings is 2. The van der Waals surface area contributed by atoms with Crippen molar-refractivity contribution < 1.29 is 9.50 Å².